The van der Waals surface area contributed by atoms with Crippen molar-refractivity contribution in [2.45, 2.75) is 46.1 Å². The van der Waals surface area contributed by atoms with Crippen LogP contribution in [0.3, 0.4) is 0 Å². The first kappa shape index (κ1) is 12.8. The number of aromatic nitrogens is 3. The molecule has 0 aromatic carbocycles. The van der Waals surface area contributed by atoms with Gasteiger partial charge in [0.25, 0.3) is 0 Å². The molecule has 0 aliphatic heterocycles. The van der Waals surface area contributed by atoms with Crippen molar-refractivity contribution in [3.8, 4) is 0 Å². The molecule has 3 N–H and O–H groups in total. The van der Waals surface area contributed by atoms with Crippen LogP contribution in [0.2, 0.25) is 0 Å². The van der Waals surface area contributed by atoms with Gasteiger partial charge >= 0.3 is 0 Å². The standard InChI is InChI=1S/C11H21N5/c1-4-9-10(5-2)15-16-11(14-9)13-7-6-8(3)12/h8H,4-7,12H2,1-3H3,(H,13,14,16). The highest BCUT2D eigenvalue weighted by molar-refractivity contribution is 5.25. The summed E-state index contributed by atoms with van der Waals surface area (Å²) in [5.41, 5.74) is 7.68. The van der Waals surface area contributed by atoms with Gasteiger partial charge in [-0.15, -0.1) is 5.10 Å². The first-order chi connectivity index (χ1) is 7.67. The van der Waals surface area contributed by atoms with Gasteiger partial charge in [0.2, 0.25) is 5.95 Å². The molecule has 1 atom stereocenters. The molecule has 0 aliphatic rings. The molecule has 0 fully saturated rings. The lowest BCUT2D eigenvalue weighted by Crippen LogP contribution is -2.20. The predicted octanol–water partition coefficient (Wildman–Crippen LogP) is 1.15. The number of anilines is 1. The normalized spacial score (nSPS) is 12.5. The van der Waals surface area contributed by atoms with Crippen LogP contribution in [-0.4, -0.2) is 27.8 Å². The fraction of sp³-hybridized carbons (Fsp3) is 0.727. The molecule has 1 aromatic heterocycles. The first-order valence-corrected chi connectivity index (χ1v) is 5.89. The molecular weight excluding hydrogens is 202 g/mol. The number of nitrogens with one attached hydrogen (secondary N) is 1. The van der Waals surface area contributed by atoms with Crippen LogP contribution in [0.1, 0.15) is 38.6 Å². The van der Waals surface area contributed by atoms with Crippen molar-refractivity contribution in [1.82, 2.24) is 15.2 Å². The first-order valence-electron chi connectivity index (χ1n) is 5.89. The van der Waals surface area contributed by atoms with E-state index in [0.717, 1.165) is 37.2 Å². The lowest BCUT2D eigenvalue weighted by atomic mass is 10.2. The number of hydrogen-bond donors (Lipinski definition) is 2. The van der Waals surface area contributed by atoms with Crippen molar-refractivity contribution < 1.29 is 0 Å². The maximum absolute atomic E-state index is 5.66. The van der Waals surface area contributed by atoms with Gasteiger partial charge in [0, 0.05) is 12.6 Å². The number of aryl methyl sites for hydroxylation is 2. The van der Waals surface area contributed by atoms with E-state index in [0.29, 0.717) is 5.95 Å². The van der Waals surface area contributed by atoms with E-state index >= 15 is 0 Å². The zero-order chi connectivity index (χ0) is 12.0. The highest BCUT2D eigenvalue weighted by Gasteiger charge is 2.05. The molecule has 0 saturated heterocycles. The van der Waals surface area contributed by atoms with Crippen LogP contribution >= 0.6 is 0 Å². The second kappa shape index (κ2) is 6.37. The molecule has 0 spiro atoms. The van der Waals surface area contributed by atoms with E-state index in [2.05, 4.69) is 34.3 Å². The summed E-state index contributed by atoms with van der Waals surface area (Å²) in [5, 5.41) is 11.3. The van der Waals surface area contributed by atoms with E-state index in [9.17, 15) is 0 Å². The maximum atomic E-state index is 5.66. The van der Waals surface area contributed by atoms with Gasteiger partial charge in [-0.3, -0.25) is 0 Å². The lowest BCUT2D eigenvalue weighted by Gasteiger charge is -2.08. The maximum Gasteiger partial charge on any atom is 0.242 e. The van der Waals surface area contributed by atoms with E-state index in [4.69, 9.17) is 5.73 Å². The Balaban J connectivity index is 2.60. The highest BCUT2D eigenvalue weighted by atomic mass is 15.2. The summed E-state index contributed by atoms with van der Waals surface area (Å²) < 4.78 is 0. The van der Waals surface area contributed by atoms with Gasteiger partial charge in [0.15, 0.2) is 0 Å². The van der Waals surface area contributed by atoms with Crippen LogP contribution in [0.5, 0.6) is 0 Å². The molecule has 0 aliphatic carbocycles. The fourth-order valence-corrected chi connectivity index (χ4v) is 1.42. The van der Waals surface area contributed by atoms with E-state index in [1.165, 1.54) is 0 Å². The van der Waals surface area contributed by atoms with Crippen LogP contribution in [0.25, 0.3) is 0 Å². The third-order valence-electron chi connectivity index (χ3n) is 2.39. The van der Waals surface area contributed by atoms with Crippen LogP contribution in [0.15, 0.2) is 0 Å². The van der Waals surface area contributed by atoms with E-state index in [1.54, 1.807) is 0 Å². The molecule has 0 saturated carbocycles. The van der Waals surface area contributed by atoms with Crippen LogP contribution in [0, 0.1) is 0 Å². The number of nitrogens with zero attached hydrogens (tertiary/aromatic N) is 3. The molecule has 5 heteroatoms. The lowest BCUT2D eigenvalue weighted by molar-refractivity contribution is 0.685. The molecule has 0 bridgehead atoms. The molecule has 1 unspecified atom stereocenters. The van der Waals surface area contributed by atoms with Crippen LogP contribution in [-0.2, 0) is 12.8 Å². The zero-order valence-corrected chi connectivity index (χ0v) is 10.3. The third kappa shape index (κ3) is 3.73. The second-order valence-corrected chi connectivity index (χ2v) is 3.93. The quantitative estimate of drug-likeness (QED) is 0.756. The smallest absolute Gasteiger partial charge is 0.242 e. The van der Waals surface area contributed by atoms with Crippen molar-refractivity contribution in [1.29, 1.82) is 0 Å². The SMILES string of the molecule is CCc1nnc(NCCC(C)N)nc1CC. The molecule has 5 nitrogen and oxygen atoms in total. The Morgan fingerprint density at radius 2 is 1.88 bits per heavy atom. The molecule has 16 heavy (non-hydrogen) atoms. The topological polar surface area (TPSA) is 76.7 Å². The molecule has 1 heterocycles. The van der Waals surface area contributed by atoms with Crippen molar-refractivity contribution in [3.05, 3.63) is 11.4 Å². The van der Waals surface area contributed by atoms with Crippen molar-refractivity contribution in [2.24, 2.45) is 5.73 Å². The summed E-state index contributed by atoms with van der Waals surface area (Å²) in [6.45, 7) is 6.91. The van der Waals surface area contributed by atoms with Crippen LogP contribution in [0.4, 0.5) is 5.95 Å². The summed E-state index contributed by atoms with van der Waals surface area (Å²) in [5.74, 6) is 0.606. The second-order valence-electron chi connectivity index (χ2n) is 3.93. The van der Waals surface area contributed by atoms with E-state index < -0.39 is 0 Å². The number of rotatable bonds is 6. The summed E-state index contributed by atoms with van der Waals surface area (Å²) in [6, 6.07) is 0.195. The third-order valence-corrected chi connectivity index (χ3v) is 2.39. The van der Waals surface area contributed by atoms with Gasteiger partial charge < -0.3 is 11.1 Å². The average Bonchev–Trinajstić information content (AvgIpc) is 2.28. The van der Waals surface area contributed by atoms with Gasteiger partial charge in [-0.1, -0.05) is 13.8 Å². The van der Waals surface area contributed by atoms with Crippen molar-refractivity contribution in [2.75, 3.05) is 11.9 Å². The van der Waals surface area contributed by atoms with Crippen molar-refractivity contribution in [3.63, 3.8) is 0 Å². The van der Waals surface area contributed by atoms with Crippen LogP contribution < -0.4 is 11.1 Å². The minimum atomic E-state index is 0.195. The summed E-state index contributed by atoms with van der Waals surface area (Å²) >= 11 is 0. The monoisotopic (exact) mass is 223 g/mol. The Morgan fingerprint density at radius 1 is 1.19 bits per heavy atom. The molecule has 1 aromatic rings. The van der Waals surface area contributed by atoms with Gasteiger partial charge in [-0.2, -0.15) is 5.10 Å². The Labute approximate surface area is 96.9 Å². The van der Waals surface area contributed by atoms with Gasteiger partial charge in [0.1, 0.15) is 0 Å². The molecule has 0 radical (unpaired) electrons. The van der Waals surface area contributed by atoms with Crippen molar-refractivity contribution >= 4 is 5.95 Å². The molecule has 0 amide bonds. The Kier molecular flexibility index (Phi) is 5.11. The predicted molar refractivity (Wildman–Crippen MR) is 65.3 cm³/mol. The zero-order valence-electron chi connectivity index (χ0n) is 10.3. The average molecular weight is 223 g/mol. The van der Waals surface area contributed by atoms with E-state index in [-0.39, 0.29) is 6.04 Å². The Bertz CT molecular complexity index is 324. The summed E-state index contributed by atoms with van der Waals surface area (Å²) in [6.07, 6.45) is 2.67. The molecule has 1 rings (SSSR count). The van der Waals surface area contributed by atoms with Gasteiger partial charge in [-0.25, -0.2) is 4.98 Å². The van der Waals surface area contributed by atoms with Gasteiger partial charge in [0.05, 0.1) is 11.4 Å². The summed E-state index contributed by atoms with van der Waals surface area (Å²) in [4.78, 5) is 4.43. The fourth-order valence-electron chi connectivity index (χ4n) is 1.42. The Morgan fingerprint density at radius 3 is 2.44 bits per heavy atom. The summed E-state index contributed by atoms with van der Waals surface area (Å²) in [7, 11) is 0. The van der Waals surface area contributed by atoms with Gasteiger partial charge in [-0.05, 0) is 26.2 Å². The Hall–Kier alpha value is -1.23. The highest BCUT2D eigenvalue weighted by Crippen LogP contribution is 2.06. The molecule has 90 valence electrons. The van der Waals surface area contributed by atoms with E-state index in [1.807, 2.05) is 6.92 Å². The molecular formula is C11H21N5. The largest absolute Gasteiger partial charge is 0.353 e. The minimum Gasteiger partial charge on any atom is -0.353 e. The number of nitrogens with two attached hydrogens (primary N) is 1. The minimum absolute atomic E-state index is 0.195. The number of hydrogen-bond acceptors (Lipinski definition) is 5.